The Balaban J connectivity index is 1.27. The Morgan fingerprint density at radius 1 is 1.09 bits per heavy atom. The Labute approximate surface area is 212 Å². The molecule has 0 aliphatic carbocycles. The second kappa shape index (κ2) is 9.76. The van der Waals surface area contributed by atoms with Crippen LogP contribution in [0, 0.1) is 5.82 Å². The van der Waals surface area contributed by atoms with Crippen LogP contribution in [0.25, 0.3) is 0 Å². The quantitative estimate of drug-likeness (QED) is 0.357. The second-order valence-corrected chi connectivity index (χ2v) is 10.5. The summed E-state index contributed by atoms with van der Waals surface area (Å²) in [7, 11) is 0. The lowest BCUT2D eigenvalue weighted by atomic mass is 9.74. The van der Waals surface area contributed by atoms with E-state index >= 15 is 0 Å². The lowest BCUT2D eigenvalue weighted by molar-refractivity contribution is 0.0976. The van der Waals surface area contributed by atoms with Crippen LogP contribution in [0.2, 0.25) is 5.02 Å². The van der Waals surface area contributed by atoms with E-state index in [-0.39, 0.29) is 17.1 Å². The Morgan fingerprint density at radius 2 is 1.85 bits per heavy atom. The minimum Gasteiger partial charge on any atom is -0.307 e. The van der Waals surface area contributed by atoms with E-state index in [0.717, 1.165) is 61.6 Å². The molecule has 3 aromatic rings. The summed E-state index contributed by atoms with van der Waals surface area (Å²) in [6.07, 6.45) is 5.51. The molecule has 2 aromatic carbocycles. The Bertz CT molecular complexity index is 1180. The number of amides is 1. The van der Waals surface area contributed by atoms with Crippen molar-refractivity contribution in [2.45, 2.75) is 31.1 Å². The zero-order valence-corrected chi connectivity index (χ0v) is 21.2. The molecule has 0 bridgehead atoms. The van der Waals surface area contributed by atoms with Gasteiger partial charge in [0.15, 0.2) is 0 Å². The number of halogens is 3. The van der Waals surface area contributed by atoms with Crippen LogP contribution in [0.3, 0.4) is 0 Å². The summed E-state index contributed by atoms with van der Waals surface area (Å²) in [6, 6.07) is 16.4. The van der Waals surface area contributed by atoms with Gasteiger partial charge in [-0.1, -0.05) is 23.7 Å². The van der Waals surface area contributed by atoms with Gasteiger partial charge in [0.2, 0.25) is 0 Å². The summed E-state index contributed by atoms with van der Waals surface area (Å²) in [4.78, 5) is 21.9. The third-order valence-electron chi connectivity index (χ3n) is 7.17. The molecule has 0 radical (unpaired) electrons. The molecule has 5 rings (SSSR count). The van der Waals surface area contributed by atoms with E-state index in [9.17, 15) is 9.18 Å². The molecule has 0 N–H and O–H groups in total. The minimum atomic E-state index is -0.247. The molecule has 1 spiro atoms. The molecule has 1 aromatic heterocycles. The number of aromatic nitrogens is 1. The highest BCUT2D eigenvalue weighted by molar-refractivity contribution is 9.10. The maximum atomic E-state index is 14.3. The highest BCUT2D eigenvalue weighted by Gasteiger charge is 2.46. The summed E-state index contributed by atoms with van der Waals surface area (Å²) in [5.74, 6) is -0.335. The van der Waals surface area contributed by atoms with E-state index in [1.807, 2.05) is 17.0 Å². The van der Waals surface area contributed by atoms with Crippen molar-refractivity contribution in [2.24, 2.45) is 0 Å². The van der Waals surface area contributed by atoms with Crippen LogP contribution in [0.15, 0.2) is 65.4 Å². The largest absolute Gasteiger partial charge is 0.307 e. The molecule has 2 aliphatic heterocycles. The highest BCUT2D eigenvalue weighted by Crippen LogP contribution is 2.47. The fourth-order valence-corrected chi connectivity index (χ4v) is 5.63. The SMILES string of the molecule is O=C(c1ccc(Br)nc1)N1CC2(CCN(CCCc3ccc(Cl)cc3)CC2)c2cc(F)ccc21. The van der Waals surface area contributed by atoms with Gasteiger partial charge in [0.1, 0.15) is 10.4 Å². The lowest BCUT2D eigenvalue weighted by Crippen LogP contribution is -2.46. The number of piperidine rings is 1. The fraction of sp³-hybridized carbons (Fsp3) is 0.333. The van der Waals surface area contributed by atoms with E-state index in [2.05, 4.69) is 37.9 Å². The summed E-state index contributed by atoms with van der Waals surface area (Å²) in [5.41, 5.74) is 3.42. The molecule has 1 amide bonds. The molecule has 1 fully saturated rings. The zero-order chi connectivity index (χ0) is 23.7. The number of carbonyl (C=O) groups is 1. The first-order valence-electron chi connectivity index (χ1n) is 11.6. The van der Waals surface area contributed by atoms with Crippen molar-refractivity contribution in [2.75, 3.05) is 31.1 Å². The lowest BCUT2D eigenvalue weighted by Gasteiger charge is -2.40. The number of pyridine rings is 1. The number of nitrogens with zero attached hydrogens (tertiary/aromatic N) is 3. The van der Waals surface area contributed by atoms with E-state index in [1.54, 1.807) is 30.5 Å². The van der Waals surface area contributed by atoms with Gasteiger partial charge >= 0.3 is 0 Å². The van der Waals surface area contributed by atoms with E-state index in [0.29, 0.717) is 16.7 Å². The van der Waals surface area contributed by atoms with E-state index in [4.69, 9.17) is 11.6 Å². The second-order valence-electron chi connectivity index (χ2n) is 9.27. The number of rotatable bonds is 5. The zero-order valence-electron chi connectivity index (χ0n) is 18.8. The van der Waals surface area contributed by atoms with Crippen molar-refractivity contribution in [1.29, 1.82) is 0 Å². The minimum absolute atomic E-state index is 0.0878. The molecular weight excluding hydrogens is 517 g/mol. The Kier molecular flexibility index (Phi) is 6.74. The summed E-state index contributed by atoms with van der Waals surface area (Å²) in [6.45, 7) is 3.50. The van der Waals surface area contributed by atoms with Gasteiger partial charge < -0.3 is 9.80 Å². The standard InChI is InChI=1S/C27H26BrClFN3O/c28-25-10-5-20(17-31-25)26(34)33-18-27(23-16-22(30)8-9-24(23)33)11-14-32(15-12-27)13-1-2-19-3-6-21(29)7-4-19/h3-10,16-17H,1-2,11-15,18H2. The van der Waals surface area contributed by atoms with Gasteiger partial charge in [-0.15, -0.1) is 0 Å². The predicted octanol–water partition coefficient (Wildman–Crippen LogP) is 6.26. The Hall–Kier alpha value is -2.28. The van der Waals surface area contributed by atoms with Crippen molar-refractivity contribution in [3.63, 3.8) is 0 Å². The molecule has 176 valence electrons. The number of carbonyl (C=O) groups excluding carboxylic acids is 1. The van der Waals surface area contributed by atoms with Crippen LogP contribution in [0.1, 0.15) is 40.7 Å². The smallest absolute Gasteiger partial charge is 0.259 e. The van der Waals surface area contributed by atoms with E-state index in [1.165, 1.54) is 11.6 Å². The van der Waals surface area contributed by atoms with E-state index < -0.39 is 0 Å². The number of hydrogen-bond acceptors (Lipinski definition) is 3. The Morgan fingerprint density at radius 3 is 2.56 bits per heavy atom. The van der Waals surface area contributed by atoms with Gasteiger partial charge in [-0.05, 0) is 115 Å². The number of anilines is 1. The first kappa shape index (κ1) is 23.5. The van der Waals surface area contributed by atoms with Crippen LogP contribution in [0.5, 0.6) is 0 Å². The molecular formula is C27H26BrClFN3O. The number of fused-ring (bicyclic) bond motifs is 2. The van der Waals surface area contributed by atoms with Crippen LogP contribution >= 0.6 is 27.5 Å². The van der Waals surface area contributed by atoms with Crippen molar-refractivity contribution in [1.82, 2.24) is 9.88 Å². The number of benzene rings is 2. The van der Waals surface area contributed by atoms with Crippen molar-refractivity contribution >= 4 is 39.1 Å². The average molecular weight is 543 g/mol. The van der Waals surface area contributed by atoms with Crippen LogP contribution in [0.4, 0.5) is 10.1 Å². The molecule has 1 saturated heterocycles. The monoisotopic (exact) mass is 541 g/mol. The fourth-order valence-electron chi connectivity index (χ4n) is 5.27. The third kappa shape index (κ3) is 4.77. The summed E-state index contributed by atoms with van der Waals surface area (Å²) < 4.78 is 15.0. The molecule has 3 heterocycles. The van der Waals surface area contributed by atoms with Crippen LogP contribution < -0.4 is 4.90 Å². The predicted molar refractivity (Wildman–Crippen MR) is 137 cm³/mol. The summed E-state index contributed by atoms with van der Waals surface area (Å²) in [5, 5.41) is 0.766. The molecule has 0 atom stereocenters. The molecule has 4 nitrogen and oxygen atoms in total. The average Bonchev–Trinajstić information content (AvgIpc) is 3.15. The van der Waals surface area contributed by atoms with Crippen LogP contribution in [-0.4, -0.2) is 42.0 Å². The maximum absolute atomic E-state index is 14.3. The van der Waals surface area contributed by atoms with Gasteiger partial charge in [-0.25, -0.2) is 9.37 Å². The molecule has 2 aliphatic rings. The highest BCUT2D eigenvalue weighted by atomic mass is 79.9. The summed E-state index contributed by atoms with van der Waals surface area (Å²) >= 11 is 9.30. The van der Waals surface area contributed by atoms with Gasteiger partial charge in [0, 0.05) is 28.9 Å². The third-order valence-corrected chi connectivity index (χ3v) is 7.89. The van der Waals surface area contributed by atoms with Crippen molar-refractivity contribution in [3.05, 3.63) is 92.9 Å². The van der Waals surface area contributed by atoms with Gasteiger partial charge in [-0.3, -0.25) is 4.79 Å². The first-order valence-corrected chi connectivity index (χ1v) is 12.8. The normalized spacial score (nSPS) is 17.2. The number of hydrogen-bond donors (Lipinski definition) is 0. The first-order chi connectivity index (χ1) is 16.4. The van der Waals surface area contributed by atoms with Gasteiger partial charge in [-0.2, -0.15) is 0 Å². The molecule has 0 unspecified atom stereocenters. The number of likely N-dealkylation sites (tertiary alicyclic amines) is 1. The van der Waals surface area contributed by atoms with Gasteiger partial charge in [0.05, 0.1) is 5.56 Å². The molecule has 7 heteroatoms. The van der Waals surface area contributed by atoms with Gasteiger partial charge in [0.25, 0.3) is 5.91 Å². The maximum Gasteiger partial charge on any atom is 0.259 e. The number of aryl methyl sites for hydroxylation is 1. The van der Waals surface area contributed by atoms with Crippen LogP contribution in [-0.2, 0) is 11.8 Å². The molecule has 34 heavy (non-hydrogen) atoms. The topological polar surface area (TPSA) is 36.4 Å². The van der Waals surface area contributed by atoms with Crippen molar-refractivity contribution in [3.8, 4) is 0 Å². The van der Waals surface area contributed by atoms with Crippen molar-refractivity contribution < 1.29 is 9.18 Å². The molecule has 0 saturated carbocycles.